The minimum absolute atomic E-state index is 0.280. The van der Waals surface area contributed by atoms with Crippen LogP contribution in [0.1, 0.15) is 20.7 Å². The molecule has 2 amide bonds. The van der Waals surface area contributed by atoms with Crippen molar-refractivity contribution in [1.29, 1.82) is 0 Å². The van der Waals surface area contributed by atoms with Gasteiger partial charge in [0.05, 0.1) is 10.8 Å². The summed E-state index contributed by atoms with van der Waals surface area (Å²) in [5, 5.41) is 5.62. The minimum atomic E-state index is -0.287. The van der Waals surface area contributed by atoms with Gasteiger partial charge in [-0.2, -0.15) is 0 Å². The molecule has 3 rings (SSSR count). The number of amides is 2. The Hall–Kier alpha value is -3.15. The van der Waals surface area contributed by atoms with Gasteiger partial charge in [-0.3, -0.25) is 14.4 Å². The van der Waals surface area contributed by atoms with E-state index >= 15 is 0 Å². The zero-order chi connectivity index (χ0) is 16.6. The predicted octanol–water partition coefficient (Wildman–Crippen LogP) is 1.67. The van der Waals surface area contributed by atoms with Crippen molar-refractivity contribution in [3.05, 3.63) is 57.7 Å². The van der Waals surface area contributed by atoms with Gasteiger partial charge in [0.2, 0.25) is 5.43 Å². The van der Waals surface area contributed by atoms with Gasteiger partial charge in [-0.25, -0.2) is 0 Å². The van der Waals surface area contributed by atoms with E-state index in [2.05, 4.69) is 10.6 Å². The van der Waals surface area contributed by atoms with E-state index in [1.54, 1.807) is 24.3 Å². The van der Waals surface area contributed by atoms with Crippen LogP contribution in [-0.2, 0) is 0 Å². The zero-order valence-corrected chi connectivity index (χ0v) is 12.6. The van der Waals surface area contributed by atoms with Crippen molar-refractivity contribution in [1.82, 2.24) is 10.6 Å². The molecule has 0 aliphatic heterocycles. The maximum Gasteiger partial charge on any atom is 0.251 e. The van der Waals surface area contributed by atoms with Crippen molar-refractivity contribution >= 4 is 33.8 Å². The second-order valence-corrected chi connectivity index (χ2v) is 5.01. The number of fused-ring (bicyclic) bond motifs is 2. The standard InChI is InChI=1S/C17H14N2O4/c1-18-16(21)9-3-5-13-11(7-9)15(20)12-8-10(17(22)19-2)4-6-14(12)23-13/h3-8H,1-2H3,(H,18,21)(H,19,22). The highest BCUT2D eigenvalue weighted by molar-refractivity contribution is 6.01. The van der Waals surface area contributed by atoms with Crippen LogP contribution in [0, 0.1) is 0 Å². The van der Waals surface area contributed by atoms with Crippen molar-refractivity contribution in [3.8, 4) is 0 Å². The number of carbonyl (C=O) groups is 2. The SMILES string of the molecule is CNC(=O)c1ccc2oc3ccc(C(=O)NC)cc3c(=O)c2c1. The molecule has 0 unspecified atom stereocenters. The molecule has 2 N–H and O–H groups in total. The van der Waals surface area contributed by atoms with Gasteiger partial charge in [0.1, 0.15) is 11.2 Å². The summed E-state index contributed by atoms with van der Waals surface area (Å²) in [4.78, 5) is 36.1. The Morgan fingerprint density at radius 1 is 0.826 bits per heavy atom. The van der Waals surface area contributed by atoms with E-state index in [1.165, 1.54) is 26.2 Å². The first-order valence-corrected chi connectivity index (χ1v) is 7.00. The third-order valence-corrected chi connectivity index (χ3v) is 3.65. The minimum Gasteiger partial charge on any atom is -0.456 e. The summed E-state index contributed by atoms with van der Waals surface area (Å²) in [6, 6.07) is 9.35. The highest BCUT2D eigenvalue weighted by atomic mass is 16.3. The topological polar surface area (TPSA) is 88.4 Å². The average Bonchev–Trinajstić information content (AvgIpc) is 2.60. The molecule has 116 valence electrons. The van der Waals surface area contributed by atoms with Crippen molar-refractivity contribution in [2.45, 2.75) is 0 Å². The molecular weight excluding hydrogens is 296 g/mol. The van der Waals surface area contributed by atoms with Crippen molar-refractivity contribution < 1.29 is 14.0 Å². The summed E-state index contributed by atoms with van der Waals surface area (Å²) >= 11 is 0. The molecule has 0 aliphatic rings. The van der Waals surface area contributed by atoms with Gasteiger partial charge in [0.15, 0.2) is 0 Å². The number of carbonyl (C=O) groups excluding carboxylic acids is 2. The van der Waals surface area contributed by atoms with Crippen LogP contribution >= 0.6 is 0 Å². The van der Waals surface area contributed by atoms with Crippen molar-refractivity contribution in [2.75, 3.05) is 14.1 Å². The van der Waals surface area contributed by atoms with E-state index in [1.807, 2.05) is 0 Å². The van der Waals surface area contributed by atoms with E-state index < -0.39 is 0 Å². The van der Waals surface area contributed by atoms with E-state index in [4.69, 9.17) is 4.42 Å². The number of nitrogens with one attached hydrogen (secondary N) is 2. The van der Waals surface area contributed by atoms with Gasteiger partial charge in [0, 0.05) is 25.2 Å². The molecule has 0 saturated heterocycles. The van der Waals surface area contributed by atoms with Crippen molar-refractivity contribution in [2.24, 2.45) is 0 Å². The van der Waals surface area contributed by atoms with Crippen LogP contribution in [0.3, 0.4) is 0 Å². The maximum absolute atomic E-state index is 12.7. The second kappa shape index (κ2) is 5.57. The van der Waals surface area contributed by atoms with E-state index in [0.29, 0.717) is 33.1 Å². The summed E-state index contributed by atoms with van der Waals surface area (Å²) in [7, 11) is 3.04. The molecule has 1 heterocycles. The number of hydrogen-bond donors (Lipinski definition) is 2. The molecule has 2 aromatic carbocycles. The molecule has 6 nitrogen and oxygen atoms in total. The summed E-state index contributed by atoms with van der Waals surface area (Å²) in [5.74, 6) is -0.573. The third kappa shape index (κ3) is 2.44. The molecule has 0 fully saturated rings. The molecular formula is C17H14N2O4. The Kier molecular flexibility index (Phi) is 3.57. The summed E-state index contributed by atoms with van der Waals surface area (Å²) in [5.41, 5.74) is 1.24. The van der Waals surface area contributed by atoms with Crippen LogP contribution in [0.2, 0.25) is 0 Å². The Morgan fingerprint density at radius 3 is 1.65 bits per heavy atom. The highest BCUT2D eigenvalue weighted by Gasteiger charge is 2.13. The molecule has 1 aromatic heterocycles. The van der Waals surface area contributed by atoms with Crippen LogP contribution < -0.4 is 16.1 Å². The lowest BCUT2D eigenvalue weighted by Gasteiger charge is -2.05. The lowest BCUT2D eigenvalue weighted by molar-refractivity contribution is 0.0955. The quantitative estimate of drug-likeness (QED) is 0.705. The molecule has 0 bridgehead atoms. The third-order valence-electron chi connectivity index (χ3n) is 3.65. The second-order valence-electron chi connectivity index (χ2n) is 5.01. The van der Waals surface area contributed by atoms with Gasteiger partial charge >= 0.3 is 0 Å². The van der Waals surface area contributed by atoms with Gasteiger partial charge in [-0.05, 0) is 36.4 Å². The average molecular weight is 310 g/mol. The number of benzene rings is 2. The lowest BCUT2D eigenvalue weighted by atomic mass is 10.1. The first kappa shape index (κ1) is 14.8. The van der Waals surface area contributed by atoms with E-state index in [-0.39, 0.29) is 17.2 Å². The van der Waals surface area contributed by atoms with Gasteiger partial charge in [-0.1, -0.05) is 0 Å². The zero-order valence-electron chi connectivity index (χ0n) is 12.6. The fourth-order valence-corrected chi connectivity index (χ4v) is 2.43. The molecule has 0 saturated carbocycles. The summed E-state index contributed by atoms with van der Waals surface area (Å²) < 4.78 is 5.70. The smallest absolute Gasteiger partial charge is 0.251 e. The fraction of sp³-hybridized carbons (Fsp3) is 0.118. The van der Waals surface area contributed by atoms with Gasteiger partial charge in [0.25, 0.3) is 11.8 Å². The van der Waals surface area contributed by atoms with Crippen LogP contribution in [0.4, 0.5) is 0 Å². The van der Waals surface area contributed by atoms with Gasteiger partial charge in [-0.15, -0.1) is 0 Å². The van der Waals surface area contributed by atoms with Crippen LogP contribution in [0.25, 0.3) is 21.9 Å². The van der Waals surface area contributed by atoms with Crippen LogP contribution in [0.15, 0.2) is 45.6 Å². The first-order valence-electron chi connectivity index (χ1n) is 7.00. The molecule has 6 heteroatoms. The molecule has 0 spiro atoms. The van der Waals surface area contributed by atoms with Crippen LogP contribution in [-0.4, -0.2) is 25.9 Å². The Balaban J connectivity index is 2.31. The number of rotatable bonds is 2. The Bertz CT molecular complexity index is 928. The molecule has 0 radical (unpaired) electrons. The normalized spacial score (nSPS) is 10.7. The van der Waals surface area contributed by atoms with E-state index in [9.17, 15) is 14.4 Å². The molecule has 23 heavy (non-hydrogen) atoms. The monoisotopic (exact) mass is 310 g/mol. The summed E-state index contributed by atoms with van der Waals surface area (Å²) in [6.45, 7) is 0. The molecule has 3 aromatic rings. The molecule has 0 aliphatic carbocycles. The Morgan fingerprint density at radius 2 is 1.26 bits per heavy atom. The van der Waals surface area contributed by atoms with E-state index in [0.717, 1.165) is 0 Å². The highest BCUT2D eigenvalue weighted by Crippen LogP contribution is 2.20. The predicted molar refractivity (Wildman–Crippen MR) is 86.8 cm³/mol. The number of hydrogen-bond acceptors (Lipinski definition) is 4. The van der Waals surface area contributed by atoms with Crippen molar-refractivity contribution in [3.63, 3.8) is 0 Å². The lowest BCUT2D eigenvalue weighted by Crippen LogP contribution is -2.18. The fourth-order valence-electron chi connectivity index (χ4n) is 2.43. The van der Waals surface area contributed by atoms with Gasteiger partial charge < -0.3 is 15.1 Å². The largest absolute Gasteiger partial charge is 0.456 e. The summed E-state index contributed by atoms with van der Waals surface area (Å²) in [6.07, 6.45) is 0. The van der Waals surface area contributed by atoms with Crippen LogP contribution in [0.5, 0.6) is 0 Å². The first-order chi connectivity index (χ1) is 11.0. The maximum atomic E-state index is 12.7. The molecule has 0 atom stereocenters. The Labute approximate surface area is 131 Å².